The molecule has 0 N–H and O–H groups in total. The van der Waals surface area contributed by atoms with Crippen molar-refractivity contribution < 1.29 is 46.8 Å². The Balaban J connectivity index is 0. The average Bonchev–Trinajstić information content (AvgIpc) is 2.67. The summed E-state index contributed by atoms with van der Waals surface area (Å²) >= 11 is 32.2. The van der Waals surface area contributed by atoms with Crippen molar-refractivity contribution in [3.05, 3.63) is 24.3 Å². The predicted molar refractivity (Wildman–Crippen MR) is 127 cm³/mol. The normalized spacial score (nSPS) is 13.4. The first-order valence-corrected chi connectivity index (χ1v) is 14.6. The van der Waals surface area contributed by atoms with Gasteiger partial charge in [0.25, 0.3) is 0 Å². The molecule has 15 heteroatoms. The molecule has 0 saturated heterocycles. The molecule has 0 aliphatic rings. The minimum absolute atomic E-state index is 0. The van der Waals surface area contributed by atoms with Crippen LogP contribution in [0, 0.1) is 0 Å². The summed E-state index contributed by atoms with van der Waals surface area (Å²) in [7, 11) is 6.20. The molecule has 0 amide bonds. The van der Waals surface area contributed by atoms with Crippen LogP contribution in [0.5, 0.6) is 0 Å². The minimum atomic E-state index is -3.43. The number of carbonyl (C=O) groups is 2. The van der Waals surface area contributed by atoms with Gasteiger partial charge in [0.1, 0.15) is 0 Å². The molecule has 0 aromatic heterocycles. The molecule has 33 heavy (non-hydrogen) atoms. The van der Waals surface area contributed by atoms with E-state index in [1.807, 2.05) is 13.8 Å². The van der Waals surface area contributed by atoms with Crippen molar-refractivity contribution in [2.24, 2.45) is 0 Å². The Hall–Kier alpha value is 0.914. The maximum absolute atomic E-state index is 12.2. The van der Waals surface area contributed by atoms with Crippen molar-refractivity contribution in [2.75, 3.05) is 13.2 Å². The second kappa shape index (κ2) is 17.4. The molecule has 192 valence electrons. The molecule has 0 rings (SSSR count). The van der Waals surface area contributed by atoms with Crippen molar-refractivity contribution in [2.45, 2.75) is 59.3 Å². The molecule has 0 radical (unpaired) electrons. The second-order valence-electron chi connectivity index (χ2n) is 6.30. The molecule has 2 atom stereocenters. The number of esters is 2. The van der Waals surface area contributed by atoms with Crippen molar-refractivity contribution in [1.82, 2.24) is 0 Å². The van der Waals surface area contributed by atoms with Gasteiger partial charge in [-0.2, -0.15) is 0 Å². The van der Waals surface area contributed by atoms with Crippen molar-refractivity contribution in [3.8, 4) is 0 Å². The van der Waals surface area contributed by atoms with Crippen LogP contribution >= 0.6 is 79.5 Å². The van der Waals surface area contributed by atoms with E-state index in [2.05, 4.69) is 13.2 Å². The van der Waals surface area contributed by atoms with Gasteiger partial charge >= 0.3 is 230 Å². The number of halogens is 7. The molecule has 0 spiro atoms. The minimum Gasteiger partial charge on any atom is -2.00 e. The van der Waals surface area contributed by atoms with E-state index in [-0.39, 0.29) is 29.8 Å². The first kappa shape index (κ1) is 36.1. The van der Waals surface area contributed by atoms with Crippen molar-refractivity contribution in [1.29, 1.82) is 0 Å². The molecule has 0 aliphatic heterocycles. The van der Waals surface area contributed by atoms with Gasteiger partial charge in [0.15, 0.2) is 0 Å². The summed E-state index contributed by atoms with van der Waals surface area (Å²) in [4.78, 5) is 24.4. The smallest absolute Gasteiger partial charge is 2.00 e. The van der Waals surface area contributed by atoms with Crippen LogP contribution in [0.1, 0.15) is 39.5 Å². The van der Waals surface area contributed by atoms with Gasteiger partial charge in [0, 0.05) is 0 Å². The fourth-order valence-corrected chi connectivity index (χ4v) is 5.65. The third-order valence-corrected chi connectivity index (χ3v) is 6.61. The average molecular weight is 651 g/mol. The summed E-state index contributed by atoms with van der Waals surface area (Å²) in [5, 5.41) is 0. The predicted octanol–water partition coefficient (Wildman–Crippen LogP) is 6.78. The number of hydrogen-bond acceptors (Lipinski definition) is 6. The topological polar surface area (TPSA) is 99.6 Å². The van der Waals surface area contributed by atoms with Crippen molar-refractivity contribution >= 4 is 91.4 Å². The van der Waals surface area contributed by atoms with Crippen molar-refractivity contribution in [3.63, 3.8) is 0 Å². The fraction of sp³-hybridized carbons (Fsp3) is 0.667. The fourth-order valence-electron chi connectivity index (χ4n) is 1.85. The summed E-state index contributed by atoms with van der Waals surface area (Å²) in [5.41, 5.74) is -0.596. The Kier molecular flexibility index (Phi) is 19.0. The van der Waals surface area contributed by atoms with Gasteiger partial charge in [-0.15, -0.1) is 0 Å². The van der Waals surface area contributed by atoms with E-state index in [4.69, 9.17) is 96.3 Å². The zero-order valence-corrected chi connectivity index (χ0v) is 24.5. The Morgan fingerprint density at radius 2 is 1.09 bits per heavy atom. The second-order valence-corrected chi connectivity index (χ2v) is 13.5. The molecule has 0 saturated carbocycles. The van der Waals surface area contributed by atoms with Gasteiger partial charge in [-0.25, -0.2) is 0 Å². The SMILES string of the molecule is C=C(C(=O)OCCCC)C([O][V+2]([Cl])[O]C(C(=C)C(=O)OCCCC)C(Cl)(Cl)Cl)C(Cl)(Cl)Cl.[O-2]. The molecule has 0 bridgehead atoms. The number of rotatable bonds is 14. The third-order valence-electron chi connectivity index (χ3n) is 3.59. The van der Waals surface area contributed by atoms with E-state index < -0.39 is 46.6 Å². The molecule has 0 aliphatic carbocycles. The summed E-state index contributed by atoms with van der Waals surface area (Å²) in [6.07, 6.45) is -0.178. The van der Waals surface area contributed by atoms with Gasteiger partial charge in [-0.3, -0.25) is 0 Å². The van der Waals surface area contributed by atoms with Crippen LogP contribution in [0.15, 0.2) is 24.3 Å². The molecule has 7 nitrogen and oxygen atoms in total. The maximum Gasteiger partial charge on any atom is -2.00 e. The largest absolute Gasteiger partial charge is 2.00 e. The monoisotopic (exact) mass is 648 g/mol. The summed E-state index contributed by atoms with van der Waals surface area (Å²) < 4.78 is 16.8. The van der Waals surface area contributed by atoms with E-state index >= 15 is 0 Å². The summed E-state index contributed by atoms with van der Waals surface area (Å²) in [5.74, 6) is -1.67. The number of ether oxygens (including phenoxy) is 2. The van der Waals surface area contributed by atoms with E-state index in [0.717, 1.165) is 12.8 Å². The number of hydrogen-bond donors (Lipinski definition) is 0. The van der Waals surface area contributed by atoms with E-state index in [0.29, 0.717) is 12.8 Å². The first-order chi connectivity index (χ1) is 14.7. The molecule has 0 fully saturated rings. The standard InChI is InChI=1S/2C9H12Cl3O3.ClH.O.V/c2*1-3-4-5-15-8(14)6(2)7(13)9(10,11)12;;;/h2*7H,2-5H2,1H3;1H;;/q2*-1;;-2;+5/p-1. The van der Waals surface area contributed by atoms with Gasteiger partial charge in [0.05, 0.1) is 0 Å². The summed E-state index contributed by atoms with van der Waals surface area (Å²) in [6.45, 7) is 11.3. The van der Waals surface area contributed by atoms with Crippen LogP contribution in [0.25, 0.3) is 0 Å². The molecule has 2 unspecified atom stereocenters. The zero-order chi connectivity index (χ0) is 25.1. The molecule has 0 heterocycles. The molecule has 0 aromatic rings. The molecular formula is C18H24Cl7O7V. The number of alkyl halides is 6. The van der Waals surface area contributed by atoms with Crippen LogP contribution in [0.2, 0.25) is 0 Å². The number of unbranched alkanes of at least 4 members (excludes halogenated alkanes) is 2. The van der Waals surface area contributed by atoms with Crippen LogP contribution in [-0.2, 0) is 46.8 Å². The van der Waals surface area contributed by atoms with Crippen LogP contribution in [0.4, 0.5) is 0 Å². The van der Waals surface area contributed by atoms with Crippen LogP contribution in [-0.4, -0.2) is 44.9 Å². The van der Waals surface area contributed by atoms with E-state index in [9.17, 15) is 9.59 Å². The molecular weight excluding hydrogens is 627 g/mol. The Bertz CT molecular complexity index is 599. The van der Waals surface area contributed by atoms with Gasteiger partial charge in [-0.05, 0) is 0 Å². The van der Waals surface area contributed by atoms with Crippen LogP contribution < -0.4 is 0 Å². The third kappa shape index (κ3) is 14.3. The zero-order valence-electron chi connectivity index (χ0n) is 17.8. The van der Waals surface area contributed by atoms with Gasteiger partial charge < -0.3 is 5.48 Å². The number of carbonyl (C=O) groups excluding carboxylic acids is 2. The Labute approximate surface area is 233 Å². The summed E-state index contributed by atoms with van der Waals surface area (Å²) in [6, 6.07) is 0. The Morgan fingerprint density at radius 1 is 0.788 bits per heavy atom. The van der Waals surface area contributed by atoms with Crippen LogP contribution in [0.3, 0.4) is 0 Å². The van der Waals surface area contributed by atoms with Gasteiger partial charge in [0.2, 0.25) is 0 Å². The maximum atomic E-state index is 12.2. The first-order valence-electron chi connectivity index (χ1n) is 9.31. The Morgan fingerprint density at radius 3 is 1.33 bits per heavy atom. The molecule has 0 aromatic carbocycles. The van der Waals surface area contributed by atoms with E-state index in [1.165, 1.54) is 0 Å². The van der Waals surface area contributed by atoms with Gasteiger partial charge in [-0.1, -0.05) is 0 Å². The van der Waals surface area contributed by atoms with E-state index in [1.54, 1.807) is 0 Å². The quantitative estimate of drug-likeness (QED) is 0.0889.